The van der Waals surface area contributed by atoms with Crippen molar-refractivity contribution in [1.82, 2.24) is 30.7 Å². The summed E-state index contributed by atoms with van der Waals surface area (Å²) < 4.78 is 195. The molecule has 642 valence electrons. The number of carbonyl (C=O) groups excluding carboxylic acids is 3. The first kappa shape index (κ1) is 72.6. The van der Waals surface area contributed by atoms with Crippen LogP contribution in [0.2, 0.25) is 0 Å². The number of likely N-dealkylation sites (N-methyl/N-ethyl adjacent to an activating group) is 3. The number of anilines is 3. The maximum absolute atomic E-state index is 13.9. The third kappa shape index (κ3) is 22.2. The Balaban J connectivity index is 0.000000147. The Labute approximate surface area is 731 Å². The fraction of sp³-hybridized carbons (Fsp3) is 0.394. The summed E-state index contributed by atoms with van der Waals surface area (Å²) in [5.41, 5.74) is 13.5. The standard InChI is InChI=1S/3C33H36F2N4O2/c3*1-38-8-10-39(11-9-38)29-4-5-30(26(19-29)15-22-6-12-41-13-7-22)33(40)37-32-31-18-23(2-3-25(31)21-36-32)14-24-16-27(34)20-28(35)17-24/h3*2-5,16-20,22H,6-15,21H2,1H3,(H,36,37,40)/i8D2,9D2,10D2,11D2;4D,19D;4D. The Bertz CT molecular complexity index is 5950. The number of fused-ring (bicyclic) bond motifs is 3. The lowest BCUT2D eigenvalue weighted by Gasteiger charge is -2.34. The minimum atomic E-state index is -3.02. The third-order valence-electron chi connectivity index (χ3n) is 24.1. The van der Waals surface area contributed by atoms with Crippen molar-refractivity contribution in [2.45, 2.75) is 96.7 Å². The predicted molar refractivity (Wildman–Crippen MR) is 470 cm³/mol. The van der Waals surface area contributed by atoms with Gasteiger partial charge in [-0.05, 0) is 292 Å². The smallest absolute Gasteiger partial charge is 0.257 e. The summed E-state index contributed by atoms with van der Waals surface area (Å²) in [5.74, 6) is -2.98. The molecule has 0 spiro atoms. The molecule has 3 amide bonds. The van der Waals surface area contributed by atoms with Crippen LogP contribution < -0.4 is 30.7 Å². The SMILES string of the molecule is [2H]C1([2H])N(C)C([2H])([2H])C([2H])([2H])N(c2ccc(C(=O)NC3=NCc4ccc(Cc5cc(F)cc(F)c5)cc43)c(CC3CCOCC3)c2)C1([2H])[2H].[2H]c1cc(C(=O)NC2=NCc3ccc(Cc4cc(F)cc(F)c4)cc32)c(CC2CCOCC2)c([2H])c1N1CCN(C)CC1.[2H]c1cc(C(=O)NC2=NCc3ccc(Cc4cc(F)cc(F)c4)cc32)c(CC2CCOCC2)cc1N1CCN(C)CC1. The third-order valence-corrected chi connectivity index (χ3v) is 24.1. The molecule has 24 heteroatoms. The minimum absolute atomic E-state index is 0.0919. The molecule has 9 aromatic rings. The average Bonchev–Trinajstić information content (AvgIpc) is 0.742. The molecule has 123 heavy (non-hydrogen) atoms. The highest BCUT2D eigenvalue weighted by atomic mass is 19.2. The molecule has 9 aromatic carbocycles. The van der Waals surface area contributed by atoms with Gasteiger partial charge >= 0.3 is 0 Å². The zero-order chi connectivity index (χ0) is 94.8. The van der Waals surface area contributed by atoms with Crippen molar-refractivity contribution in [1.29, 1.82) is 0 Å². The molecule has 0 aromatic heterocycles. The summed E-state index contributed by atoms with van der Waals surface area (Å²) >= 11 is 0. The van der Waals surface area contributed by atoms with Gasteiger partial charge in [0.25, 0.3) is 17.7 Å². The minimum Gasteiger partial charge on any atom is -0.381 e. The number of benzene rings is 9. The molecular weight excluding hydrogens is 1570 g/mol. The van der Waals surface area contributed by atoms with E-state index in [0.29, 0.717) is 180 Å². The fourth-order valence-corrected chi connectivity index (χ4v) is 17.2. The molecule has 0 aliphatic carbocycles. The Morgan fingerprint density at radius 2 is 0.699 bits per heavy atom. The highest BCUT2D eigenvalue weighted by Gasteiger charge is 2.31. The van der Waals surface area contributed by atoms with Gasteiger partial charge in [0, 0.05) is 192 Å². The van der Waals surface area contributed by atoms with E-state index in [4.69, 9.17) is 27.9 Å². The van der Waals surface area contributed by atoms with E-state index < -0.39 is 72.7 Å². The van der Waals surface area contributed by atoms with Crippen LogP contribution in [0.4, 0.5) is 43.4 Å². The Hall–Kier alpha value is -10.9. The zero-order valence-corrected chi connectivity index (χ0v) is 69.3. The average molecular weight is 1690 g/mol. The summed E-state index contributed by atoms with van der Waals surface area (Å²) in [7, 11) is 5.18. The molecular formula is C99H108F6N12O6. The van der Waals surface area contributed by atoms with Gasteiger partial charge in [0.2, 0.25) is 0 Å². The molecule has 18 nitrogen and oxygen atoms in total. The number of amidine groups is 3. The first-order valence-electron chi connectivity index (χ1n) is 47.8. The summed E-state index contributed by atoms with van der Waals surface area (Å²) in [6, 6.07) is 37.7. The molecule has 9 aliphatic rings. The van der Waals surface area contributed by atoms with E-state index in [-0.39, 0.29) is 41.6 Å². The van der Waals surface area contributed by atoms with Gasteiger partial charge in [0.1, 0.15) is 52.4 Å². The van der Waals surface area contributed by atoms with Crippen molar-refractivity contribution >= 4 is 52.3 Å². The Morgan fingerprint density at radius 3 is 1.08 bits per heavy atom. The summed E-state index contributed by atoms with van der Waals surface area (Å²) in [6.45, 7) is -0.174. The lowest BCUT2D eigenvalue weighted by molar-refractivity contribution is 0.0663. The Kier molecular flexibility index (Phi) is 23.5. The van der Waals surface area contributed by atoms with E-state index >= 15 is 0 Å². The number of aliphatic imine (C=N–C) groups is 3. The molecule has 18 rings (SSSR count). The van der Waals surface area contributed by atoms with Gasteiger partial charge in [-0.2, -0.15) is 0 Å². The van der Waals surface area contributed by atoms with E-state index in [1.807, 2.05) is 54.6 Å². The summed E-state index contributed by atoms with van der Waals surface area (Å²) in [6.07, 6.45) is 7.65. The van der Waals surface area contributed by atoms with E-state index in [9.17, 15) is 42.1 Å². The summed E-state index contributed by atoms with van der Waals surface area (Å²) in [5, 5.41) is 8.89. The lowest BCUT2D eigenvalue weighted by atomic mass is 9.89. The van der Waals surface area contributed by atoms with Crippen LogP contribution in [-0.4, -0.2) is 189 Å². The van der Waals surface area contributed by atoms with Gasteiger partial charge in [-0.15, -0.1) is 0 Å². The van der Waals surface area contributed by atoms with Gasteiger partial charge in [0.05, 0.1) is 29.2 Å². The highest BCUT2D eigenvalue weighted by molar-refractivity contribution is 6.16. The molecule has 0 bridgehead atoms. The monoisotopic (exact) mass is 1690 g/mol. The number of nitrogens with one attached hydrogen (secondary N) is 3. The molecule has 0 atom stereocenters. The van der Waals surface area contributed by atoms with Crippen molar-refractivity contribution < 1.29 is 70.0 Å². The second kappa shape index (κ2) is 39.8. The first-order chi connectivity index (χ1) is 64.0. The highest BCUT2D eigenvalue weighted by Crippen LogP contribution is 2.34. The van der Waals surface area contributed by atoms with Crippen LogP contribution in [0, 0.1) is 52.7 Å². The molecule has 0 saturated carbocycles. The van der Waals surface area contributed by atoms with E-state index in [2.05, 4.69) is 70.7 Å². The van der Waals surface area contributed by atoms with Crippen molar-refractivity contribution in [2.75, 3.05) is 154 Å². The molecule has 0 unspecified atom stereocenters. The van der Waals surface area contributed by atoms with Crippen LogP contribution in [0.5, 0.6) is 0 Å². The Morgan fingerprint density at radius 1 is 0.366 bits per heavy atom. The fourth-order valence-electron chi connectivity index (χ4n) is 17.2. The number of hydrogen-bond donors (Lipinski definition) is 3. The molecule has 3 N–H and O–H groups in total. The molecule has 6 fully saturated rings. The number of amides is 3. The van der Waals surface area contributed by atoms with Gasteiger partial charge in [0.15, 0.2) is 0 Å². The van der Waals surface area contributed by atoms with E-state index in [1.54, 1.807) is 12.1 Å². The summed E-state index contributed by atoms with van der Waals surface area (Å²) in [4.78, 5) is 65.1. The normalized spacial score (nSPS) is 20.8. The van der Waals surface area contributed by atoms with Crippen LogP contribution in [0.25, 0.3) is 0 Å². The molecule has 0 radical (unpaired) electrons. The van der Waals surface area contributed by atoms with Gasteiger partial charge in [-0.1, -0.05) is 36.4 Å². The predicted octanol–water partition coefficient (Wildman–Crippen LogP) is 14.9. The van der Waals surface area contributed by atoms with E-state index in [0.717, 1.165) is 179 Å². The maximum Gasteiger partial charge on any atom is 0.257 e. The number of carbonyl (C=O) groups is 3. The van der Waals surface area contributed by atoms with Crippen molar-refractivity contribution in [2.24, 2.45) is 32.7 Å². The van der Waals surface area contributed by atoms with E-state index in [1.165, 1.54) is 54.6 Å². The van der Waals surface area contributed by atoms with Crippen molar-refractivity contribution in [3.63, 3.8) is 0 Å². The molecule has 9 heterocycles. The van der Waals surface area contributed by atoms with Crippen molar-refractivity contribution in [3.8, 4) is 0 Å². The topological polar surface area (TPSA) is 172 Å². The number of halogens is 6. The number of rotatable bonds is 18. The van der Waals surface area contributed by atoms with Crippen LogP contribution >= 0.6 is 0 Å². The van der Waals surface area contributed by atoms with Crippen LogP contribution in [0.1, 0.15) is 168 Å². The van der Waals surface area contributed by atoms with Gasteiger partial charge in [-0.3, -0.25) is 29.4 Å². The number of nitrogens with zero attached hydrogens (tertiary/aromatic N) is 9. The molecule has 6 saturated heterocycles. The number of piperazine rings is 3. The number of ether oxygens (including phenoxy) is 3. The van der Waals surface area contributed by atoms with Crippen LogP contribution in [0.3, 0.4) is 0 Å². The van der Waals surface area contributed by atoms with Crippen LogP contribution in [-0.2, 0) is 72.4 Å². The van der Waals surface area contributed by atoms with Crippen LogP contribution in [0.15, 0.2) is 179 Å². The second-order valence-electron chi connectivity index (χ2n) is 33.1. The van der Waals surface area contributed by atoms with Gasteiger partial charge in [-0.25, -0.2) is 26.3 Å². The largest absolute Gasteiger partial charge is 0.381 e. The number of hydrogen-bond acceptors (Lipinski definition) is 15. The molecule has 9 aliphatic heterocycles. The maximum atomic E-state index is 13.9. The quantitative estimate of drug-likeness (QED) is 0.0696. The lowest BCUT2D eigenvalue weighted by Crippen LogP contribution is -2.44. The van der Waals surface area contributed by atoms with Crippen molar-refractivity contribution in [3.05, 3.63) is 299 Å². The first-order valence-corrected chi connectivity index (χ1v) is 42.3. The second-order valence-corrected chi connectivity index (χ2v) is 33.1. The zero-order valence-electron chi connectivity index (χ0n) is 80.3. The van der Waals surface area contributed by atoms with Gasteiger partial charge < -0.3 is 59.6 Å².